The Morgan fingerprint density at radius 2 is 2.07 bits per heavy atom. The van der Waals surface area contributed by atoms with E-state index in [1.165, 1.54) is 0 Å². The molecule has 6 nitrogen and oxygen atoms in total. The molecule has 4 rings (SSSR count). The van der Waals surface area contributed by atoms with Crippen molar-refractivity contribution < 1.29 is 9.53 Å². The molecule has 2 N–H and O–H groups in total. The molecule has 1 aromatic carbocycles. The number of nitrogens with zero attached hydrogens (tertiary/aromatic N) is 2. The van der Waals surface area contributed by atoms with Gasteiger partial charge in [-0.2, -0.15) is 0 Å². The van der Waals surface area contributed by atoms with Crippen LogP contribution in [-0.2, 0) is 16.0 Å². The second kappa shape index (κ2) is 9.55. The number of nitrogens with one attached hydrogen (secondary N) is 2. The molecule has 2 aromatic rings. The lowest BCUT2D eigenvalue weighted by molar-refractivity contribution is -0.132. The molecule has 1 atom stereocenters. The number of hydrogen-bond acceptors (Lipinski definition) is 4. The number of benzene rings is 1. The number of morpholine rings is 1. The number of aromatic amines is 1. The summed E-state index contributed by atoms with van der Waals surface area (Å²) in [5.41, 5.74) is 2.19. The lowest BCUT2D eigenvalue weighted by atomic mass is 10.1. The van der Waals surface area contributed by atoms with E-state index in [4.69, 9.17) is 4.74 Å². The maximum atomic E-state index is 13.2. The molecule has 7 heteroatoms. The van der Waals surface area contributed by atoms with Crippen molar-refractivity contribution in [3.05, 3.63) is 36.0 Å². The Hall–Kier alpha value is -1.60. The van der Waals surface area contributed by atoms with Crippen molar-refractivity contribution in [1.29, 1.82) is 0 Å². The van der Waals surface area contributed by atoms with E-state index in [1.807, 2.05) is 18.3 Å². The monoisotopic (exact) mass is 392 g/mol. The standard InChI is InChI=1S/C20H28N4O2.ClH/c25-20(13-16-14-22-19-4-2-1-3-18(16)19)24(17-5-6-21-15-17)8-7-23-9-11-26-12-10-23;/h1-4,14,17,21-22H,5-13,15H2;1H. The van der Waals surface area contributed by atoms with E-state index in [0.717, 1.165) is 75.4 Å². The van der Waals surface area contributed by atoms with E-state index in [-0.39, 0.29) is 18.3 Å². The predicted molar refractivity (Wildman–Crippen MR) is 109 cm³/mol. The van der Waals surface area contributed by atoms with Crippen LogP contribution in [0.1, 0.15) is 12.0 Å². The highest BCUT2D eigenvalue weighted by molar-refractivity contribution is 5.89. The molecule has 2 aliphatic rings. The minimum absolute atomic E-state index is 0. The van der Waals surface area contributed by atoms with Gasteiger partial charge in [0, 0.05) is 55.9 Å². The fourth-order valence-electron chi connectivity index (χ4n) is 4.03. The fraction of sp³-hybridized carbons (Fsp3) is 0.550. The molecule has 0 spiro atoms. The molecule has 27 heavy (non-hydrogen) atoms. The van der Waals surface area contributed by atoms with Crippen molar-refractivity contribution in [2.45, 2.75) is 18.9 Å². The van der Waals surface area contributed by atoms with Crippen molar-refractivity contribution in [2.75, 3.05) is 52.5 Å². The molecule has 0 radical (unpaired) electrons. The Labute approximate surface area is 166 Å². The molecule has 1 unspecified atom stereocenters. The first-order chi connectivity index (χ1) is 12.8. The highest BCUT2D eigenvalue weighted by Gasteiger charge is 2.27. The van der Waals surface area contributed by atoms with Crippen molar-refractivity contribution in [1.82, 2.24) is 20.1 Å². The topological polar surface area (TPSA) is 60.6 Å². The smallest absolute Gasteiger partial charge is 0.227 e. The van der Waals surface area contributed by atoms with Crippen molar-refractivity contribution in [3.63, 3.8) is 0 Å². The third-order valence-electron chi connectivity index (χ3n) is 5.57. The van der Waals surface area contributed by atoms with Gasteiger partial charge in [0.25, 0.3) is 0 Å². The Morgan fingerprint density at radius 1 is 1.26 bits per heavy atom. The molecule has 0 aliphatic carbocycles. The quantitative estimate of drug-likeness (QED) is 0.784. The number of aromatic nitrogens is 1. The van der Waals surface area contributed by atoms with Crippen molar-refractivity contribution in [3.8, 4) is 0 Å². The number of ether oxygens (including phenoxy) is 1. The Kier molecular flexibility index (Phi) is 7.13. The van der Waals surface area contributed by atoms with Gasteiger partial charge < -0.3 is 19.9 Å². The Bertz CT molecular complexity index is 738. The summed E-state index contributed by atoms with van der Waals surface area (Å²) >= 11 is 0. The first-order valence-electron chi connectivity index (χ1n) is 9.66. The summed E-state index contributed by atoms with van der Waals surface area (Å²) in [6.07, 6.45) is 3.49. The van der Waals surface area contributed by atoms with E-state index in [9.17, 15) is 4.79 Å². The second-order valence-electron chi connectivity index (χ2n) is 7.22. The molecule has 1 aromatic heterocycles. The number of carbonyl (C=O) groups excluding carboxylic acids is 1. The summed E-state index contributed by atoms with van der Waals surface area (Å²) in [5, 5.41) is 4.55. The molecule has 0 saturated carbocycles. The van der Waals surface area contributed by atoms with Crippen molar-refractivity contribution in [2.24, 2.45) is 0 Å². The molecular weight excluding hydrogens is 364 g/mol. The van der Waals surface area contributed by atoms with Gasteiger partial charge in [-0.15, -0.1) is 12.4 Å². The SMILES string of the molecule is Cl.O=C(Cc1c[nH]c2ccccc12)N(CCN1CCOCC1)C1CCNC1. The number of amides is 1. The highest BCUT2D eigenvalue weighted by atomic mass is 35.5. The van der Waals surface area contributed by atoms with Gasteiger partial charge in [-0.1, -0.05) is 18.2 Å². The van der Waals surface area contributed by atoms with E-state index < -0.39 is 0 Å². The number of hydrogen-bond donors (Lipinski definition) is 2. The van der Waals surface area contributed by atoms with Gasteiger partial charge in [-0.05, 0) is 24.6 Å². The van der Waals surface area contributed by atoms with Gasteiger partial charge in [0.15, 0.2) is 0 Å². The van der Waals surface area contributed by atoms with Gasteiger partial charge in [0.2, 0.25) is 5.91 Å². The number of para-hydroxylation sites is 1. The normalized spacial score (nSPS) is 20.5. The average molecular weight is 393 g/mol. The Morgan fingerprint density at radius 3 is 2.85 bits per heavy atom. The zero-order valence-electron chi connectivity index (χ0n) is 15.7. The zero-order valence-corrected chi connectivity index (χ0v) is 16.5. The van der Waals surface area contributed by atoms with Gasteiger partial charge in [0.05, 0.1) is 19.6 Å². The van der Waals surface area contributed by atoms with Crippen LogP contribution in [0.3, 0.4) is 0 Å². The summed E-state index contributed by atoms with van der Waals surface area (Å²) < 4.78 is 5.43. The van der Waals surface area contributed by atoms with Crippen molar-refractivity contribution >= 4 is 29.2 Å². The number of H-pyrrole nitrogens is 1. The first kappa shape index (κ1) is 20.1. The van der Waals surface area contributed by atoms with Gasteiger partial charge in [0.1, 0.15) is 0 Å². The lowest BCUT2D eigenvalue weighted by Crippen LogP contribution is -2.48. The van der Waals surface area contributed by atoms with Crippen LogP contribution in [0, 0.1) is 0 Å². The van der Waals surface area contributed by atoms with E-state index >= 15 is 0 Å². The summed E-state index contributed by atoms with van der Waals surface area (Å²) in [4.78, 5) is 20.9. The summed E-state index contributed by atoms with van der Waals surface area (Å²) in [6.45, 7) is 7.16. The first-order valence-corrected chi connectivity index (χ1v) is 9.66. The second-order valence-corrected chi connectivity index (χ2v) is 7.22. The zero-order chi connectivity index (χ0) is 17.8. The minimum Gasteiger partial charge on any atom is -0.379 e. The predicted octanol–water partition coefficient (Wildman–Crippen LogP) is 1.65. The van der Waals surface area contributed by atoms with E-state index in [1.54, 1.807) is 0 Å². The van der Waals surface area contributed by atoms with Crippen LogP contribution in [0.25, 0.3) is 10.9 Å². The van der Waals surface area contributed by atoms with E-state index in [0.29, 0.717) is 12.5 Å². The third kappa shape index (κ3) is 4.82. The summed E-state index contributed by atoms with van der Waals surface area (Å²) in [7, 11) is 0. The van der Waals surface area contributed by atoms with Gasteiger partial charge >= 0.3 is 0 Å². The van der Waals surface area contributed by atoms with Gasteiger partial charge in [-0.25, -0.2) is 0 Å². The molecule has 148 valence electrons. The van der Waals surface area contributed by atoms with Crippen LogP contribution < -0.4 is 5.32 Å². The largest absolute Gasteiger partial charge is 0.379 e. The molecule has 1 amide bonds. The molecule has 2 saturated heterocycles. The summed E-state index contributed by atoms with van der Waals surface area (Å²) in [5.74, 6) is 0.233. The molecule has 0 bridgehead atoms. The number of rotatable bonds is 6. The molecule has 3 heterocycles. The molecular formula is C20H29ClN4O2. The number of carbonyl (C=O) groups is 1. The molecule has 2 aliphatic heterocycles. The van der Waals surface area contributed by atoms with Crippen LogP contribution >= 0.6 is 12.4 Å². The van der Waals surface area contributed by atoms with E-state index in [2.05, 4.69) is 32.2 Å². The maximum absolute atomic E-state index is 13.2. The average Bonchev–Trinajstić information content (AvgIpc) is 3.34. The van der Waals surface area contributed by atoms with Crippen LogP contribution in [0.15, 0.2) is 30.5 Å². The number of halogens is 1. The van der Waals surface area contributed by atoms with Crippen LogP contribution in [-0.4, -0.2) is 79.2 Å². The van der Waals surface area contributed by atoms with Gasteiger partial charge in [-0.3, -0.25) is 9.69 Å². The highest BCUT2D eigenvalue weighted by Crippen LogP contribution is 2.20. The number of fused-ring (bicyclic) bond motifs is 1. The Balaban J connectivity index is 0.00000210. The lowest BCUT2D eigenvalue weighted by Gasteiger charge is -2.33. The third-order valence-corrected chi connectivity index (χ3v) is 5.57. The van der Waals surface area contributed by atoms with Crippen LogP contribution in [0.2, 0.25) is 0 Å². The van der Waals surface area contributed by atoms with Crippen LogP contribution in [0.5, 0.6) is 0 Å². The fourth-order valence-corrected chi connectivity index (χ4v) is 4.03. The van der Waals surface area contributed by atoms with Crippen LogP contribution in [0.4, 0.5) is 0 Å². The minimum atomic E-state index is 0. The summed E-state index contributed by atoms with van der Waals surface area (Å²) in [6, 6.07) is 8.50. The maximum Gasteiger partial charge on any atom is 0.227 e. The molecule has 2 fully saturated rings.